The van der Waals surface area contributed by atoms with Crippen LogP contribution >= 0.6 is 0 Å². The SMILES string of the molecule is Cc1ccc(CN2CCN(N=Cc3ccccc3O)CC2)c(C)c1. The summed E-state index contributed by atoms with van der Waals surface area (Å²) < 4.78 is 0. The molecule has 3 rings (SSSR count). The summed E-state index contributed by atoms with van der Waals surface area (Å²) in [7, 11) is 0. The maximum absolute atomic E-state index is 9.77. The first-order valence-corrected chi connectivity index (χ1v) is 8.47. The topological polar surface area (TPSA) is 39.1 Å². The van der Waals surface area contributed by atoms with Gasteiger partial charge in [-0.1, -0.05) is 35.9 Å². The van der Waals surface area contributed by atoms with Crippen LogP contribution in [-0.2, 0) is 6.54 Å². The Labute approximate surface area is 144 Å². The van der Waals surface area contributed by atoms with E-state index in [1.54, 1.807) is 12.3 Å². The number of phenolic OH excluding ortho intramolecular Hbond substituents is 1. The standard InChI is InChI=1S/C20H25N3O/c1-16-7-8-19(17(2)13-16)15-22-9-11-23(12-10-22)21-14-18-5-3-4-6-20(18)24/h3-8,13-14,24H,9-12,15H2,1-2H3. The average Bonchev–Trinajstić information content (AvgIpc) is 2.58. The Morgan fingerprint density at radius 3 is 2.50 bits per heavy atom. The van der Waals surface area contributed by atoms with E-state index in [1.165, 1.54) is 16.7 Å². The van der Waals surface area contributed by atoms with Crippen LogP contribution in [0, 0.1) is 13.8 Å². The lowest BCUT2D eigenvalue weighted by Gasteiger charge is -2.33. The lowest BCUT2D eigenvalue weighted by atomic mass is 10.1. The zero-order valence-corrected chi connectivity index (χ0v) is 14.4. The zero-order valence-electron chi connectivity index (χ0n) is 14.4. The van der Waals surface area contributed by atoms with Crippen LogP contribution in [0.1, 0.15) is 22.3 Å². The molecule has 1 saturated heterocycles. The van der Waals surface area contributed by atoms with Crippen LogP contribution in [0.4, 0.5) is 0 Å². The van der Waals surface area contributed by atoms with Crippen LogP contribution in [0.5, 0.6) is 5.75 Å². The highest BCUT2D eigenvalue weighted by Gasteiger charge is 2.16. The fourth-order valence-electron chi connectivity index (χ4n) is 3.02. The normalized spacial score (nSPS) is 16.0. The summed E-state index contributed by atoms with van der Waals surface area (Å²) in [5.41, 5.74) is 4.86. The second kappa shape index (κ2) is 7.49. The summed E-state index contributed by atoms with van der Waals surface area (Å²) in [4.78, 5) is 2.48. The van der Waals surface area contributed by atoms with Crippen molar-refractivity contribution in [2.24, 2.45) is 5.10 Å². The molecule has 0 saturated carbocycles. The van der Waals surface area contributed by atoms with Crippen LogP contribution in [0.15, 0.2) is 47.6 Å². The molecule has 1 aliphatic heterocycles. The van der Waals surface area contributed by atoms with Gasteiger partial charge >= 0.3 is 0 Å². The van der Waals surface area contributed by atoms with Gasteiger partial charge in [-0.25, -0.2) is 0 Å². The molecule has 0 spiro atoms. The van der Waals surface area contributed by atoms with Crippen LogP contribution < -0.4 is 0 Å². The van der Waals surface area contributed by atoms with E-state index in [1.807, 2.05) is 18.2 Å². The maximum Gasteiger partial charge on any atom is 0.124 e. The summed E-state index contributed by atoms with van der Waals surface area (Å²) in [5.74, 6) is 0.273. The van der Waals surface area contributed by atoms with Crippen molar-refractivity contribution in [3.63, 3.8) is 0 Å². The van der Waals surface area contributed by atoms with Crippen molar-refractivity contribution in [1.82, 2.24) is 9.91 Å². The third kappa shape index (κ3) is 4.15. The summed E-state index contributed by atoms with van der Waals surface area (Å²) in [6.45, 7) is 9.16. The van der Waals surface area contributed by atoms with E-state index in [9.17, 15) is 5.11 Å². The van der Waals surface area contributed by atoms with Gasteiger partial charge < -0.3 is 5.11 Å². The van der Waals surface area contributed by atoms with Gasteiger partial charge in [0.2, 0.25) is 0 Å². The lowest BCUT2D eigenvalue weighted by Crippen LogP contribution is -2.43. The number of rotatable bonds is 4. The fraction of sp³-hybridized carbons (Fsp3) is 0.350. The number of nitrogens with zero attached hydrogens (tertiary/aromatic N) is 3. The Kier molecular flexibility index (Phi) is 5.16. The van der Waals surface area contributed by atoms with Crippen molar-refractivity contribution < 1.29 is 5.11 Å². The molecule has 0 amide bonds. The molecule has 2 aromatic rings. The Morgan fingerprint density at radius 2 is 1.79 bits per heavy atom. The Morgan fingerprint density at radius 1 is 1.04 bits per heavy atom. The molecular weight excluding hydrogens is 298 g/mol. The van der Waals surface area contributed by atoms with Crippen molar-refractivity contribution in [2.75, 3.05) is 26.2 Å². The minimum atomic E-state index is 0.273. The summed E-state index contributed by atoms with van der Waals surface area (Å²) in [6, 6.07) is 14.0. The van der Waals surface area contributed by atoms with Gasteiger partial charge in [0.15, 0.2) is 0 Å². The molecule has 0 unspecified atom stereocenters. The van der Waals surface area contributed by atoms with Gasteiger partial charge in [-0.2, -0.15) is 5.10 Å². The van der Waals surface area contributed by atoms with Gasteiger partial charge in [0.25, 0.3) is 0 Å². The molecule has 4 nitrogen and oxygen atoms in total. The molecule has 126 valence electrons. The summed E-state index contributed by atoms with van der Waals surface area (Å²) in [5, 5.41) is 16.4. The first-order chi connectivity index (χ1) is 11.6. The smallest absolute Gasteiger partial charge is 0.124 e. The van der Waals surface area contributed by atoms with Crippen LogP contribution in [0.2, 0.25) is 0 Å². The molecule has 0 bridgehead atoms. The fourth-order valence-corrected chi connectivity index (χ4v) is 3.02. The number of aryl methyl sites for hydroxylation is 2. The first kappa shape index (κ1) is 16.5. The molecule has 24 heavy (non-hydrogen) atoms. The van der Waals surface area contributed by atoms with Gasteiger partial charge in [-0.05, 0) is 37.1 Å². The zero-order chi connectivity index (χ0) is 16.9. The van der Waals surface area contributed by atoms with E-state index in [4.69, 9.17) is 0 Å². The highest BCUT2D eigenvalue weighted by Crippen LogP contribution is 2.16. The number of benzene rings is 2. The molecule has 4 heteroatoms. The molecule has 2 aromatic carbocycles. The third-order valence-electron chi connectivity index (χ3n) is 4.54. The number of phenols is 1. The maximum atomic E-state index is 9.77. The van der Waals surface area contributed by atoms with Crippen LogP contribution in [0.25, 0.3) is 0 Å². The molecule has 1 heterocycles. The quantitative estimate of drug-likeness (QED) is 0.879. The van der Waals surface area contributed by atoms with Crippen molar-refractivity contribution in [1.29, 1.82) is 0 Å². The molecule has 0 aromatic heterocycles. The first-order valence-electron chi connectivity index (χ1n) is 8.47. The largest absolute Gasteiger partial charge is 0.507 e. The number of aromatic hydroxyl groups is 1. The number of piperazine rings is 1. The highest BCUT2D eigenvalue weighted by atomic mass is 16.3. The number of hydrogen-bond donors (Lipinski definition) is 1. The molecule has 1 aliphatic rings. The predicted octanol–water partition coefficient (Wildman–Crippen LogP) is 3.16. The molecule has 1 N–H and O–H groups in total. The summed E-state index contributed by atoms with van der Waals surface area (Å²) >= 11 is 0. The molecule has 0 aliphatic carbocycles. The van der Waals surface area contributed by atoms with Crippen molar-refractivity contribution >= 4 is 6.21 Å². The molecule has 0 atom stereocenters. The molecule has 0 radical (unpaired) electrons. The van der Waals surface area contributed by atoms with E-state index in [0.717, 1.165) is 38.3 Å². The Hall–Kier alpha value is -2.33. The van der Waals surface area contributed by atoms with Crippen molar-refractivity contribution in [2.45, 2.75) is 20.4 Å². The van der Waals surface area contributed by atoms with Gasteiger partial charge in [0.1, 0.15) is 5.75 Å². The van der Waals surface area contributed by atoms with Gasteiger partial charge in [-0.15, -0.1) is 0 Å². The van der Waals surface area contributed by atoms with E-state index < -0.39 is 0 Å². The number of para-hydroxylation sites is 1. The monoisotopic (exact) mass is 323 g/mol. The average molecular weight is 323 g/mol. The number of hydrazone groups is 1. The van der Waals surface area contributed by atoms with E-state index in [0.29, 0.717) is 0 Å². The number of hydrogen-bond acceptors (Lipinski definition) is 4. The molecule has 1 fully saturated rings. The summed E-state index contributed by atoms with van der Waals surface area (Å²) in [6.07, 6.45) is 1.75. The van der Waals surface area contributed by atoms with Gasteiger partial charge in [-0.3, -0.25) is 9.91 Å². The van der Waals surface area contributed by atoms with Crippen LogP contribution in [0.3, 0.4) is 0 Å². The highest BCUT2D eigenvalue weighted by molar-refractivity contribution is 5.82. The minimum absolute atomic E-state index is 0.273. The van der Waals surface area contributed by atoms with Crippen molar-refractivity contribution in [3.05, 3.63) is 64.7 Å². The second-order valence-electron chi connectivity index (χ2n) is 6.46. The van der Waals surface area contributed by atoms with Crippen LogP contribution in [-0.4, -0.2) is 47.4 Å². The van der Waals surface area contributed by atoms with E-state index >= 15 is 0 Å². The van der Waals surface area contributed by atoms with E-state index in [-0.39, 0.29) is 5.75 Å². The Bertz CT molecular complexity index is 719. The third-order valence-corrected chi connectivity index (χ3v) is 4.54. The second-order valence-corrected chi connectivity index (χ2v) is 6.46. The van der Waals surface area contributed by atoms with E-state index in [2.05, 4.69) is 47.1 Å². The lowest BCUT2D eigenvalue weighted by molar-refractivity contribution is 0.131. The van der Waals surface area contributed by atoms with Crippen molar-refractivity contribution in [3.8, 4) is 5.75 Å². The Balaban J connectivity index is 1.53. The molecular formula is C20H25N3O. The van der Waals surface area contributed by atoms with Gasteiger partial charge in [0, 0.05) is 38.3 Å². The predicted molar refractivity (Wildman–Crippen MR) is 98.5 cm³/mol. The minimum Gasteiger partial charge on any atom is -0.507 e. The van der Waals surface area contributed by atoms with Gasteiger partial charge in [0.05, 0.1) is 6.21 Å².